The summed E-state index contributed by atoms with van der Waals surface area (Å²) < 4.78 is 11.6. The van der Waals surface area contributed by atoms with Crippen LogP contribution in [0.3, 0.4) is 0 Å². The van der Waals surface area contributed by atoms with Crippen LogP contribution in [0.5, 0.6) is 5.75 Å². The Balaban J connectivity index is 1.79. The lowest BCUT2D eigenvalue weighted by atomic mass is 10.1. The third-order valence-electron chi connectivity index (χ3n) is 2.95. The van der Waals surface area contributed by atoms with Gasteiger partial charge in [-0.25, -0.2) is 0 Å². The smallest absolute Gasteiger partial charge is 0.251 e. The Kier molecular flexibility index (Phi) is 3.09. The average Bonchev–Trinajstić information content (AvgIpc) is 2.32. The average molecular weight is 310 g/mol. The molecule has 1 aromatic rings. The number of fused-ring (bicyclic) bond motifs is 1. The molecule has 2 aliphatic heterocycles. The van der Waals surface area contributed by atoms with E-state index in [1.807, 2.05) is 24.3 Å². The summed E-state index contributed by atoms with van der Waals surface area (Å²) in [5, 5.41) is 2.91. The van der Waals surface area contributed by atoms with Gasteiger partial charge in [-0.05, 0) is 24.3 Å². The molecule has 18 heavy (non-hydrogen) atoms. The molecule has 1 saturated heterocycles. The maximum Gasteiger partial charge on any atom is 0.251 e. The van der Waals surface area contributed by atoms with Crippen LogP contribution in [-0.4, -0.2) is 31.8 Å². The normalized spacial score (nSPS) is 18.2. The van der Waals surface area contributed by atoms with Crippen molar-refractivity contribution in [1.82, 2.24) is 5.32 Å². The summed E-state index contributed by atoms with van der Waals surface area (Å²) in [7, 11) is 0. The van der Waals surface area contributed by atoms with Gasteiger partial charge >= 0.3 is 0 Å². The Bertz CT molecular complexity index is 523. The maximum absolute atomic E-state index is 12.0. The molecule has 5 heteroatoms. The molecule has 0 unspecified atom stereocenters. The van der Waals surface area contributed by atoms with Crippen LogP contribution in [0, 0.1) is 0 Å². The monoisotopic (exact) mass is 309 g/mol. The molecule has 0 aromatic heterocycles. The second-order valence-electron chi connectivity index (χ2n) is 4.35. The molecule has 0 radical (unpaired) electrons. The van der Waals surface area contributed by atoms with Crippen LogP contribution in [-0.2, 0) is 9.53 Å². The number of halogens is 1. The fourth-order valence-electron chi connectivity index (χ4n) is 1.88. The first-order chi connectivity index (χ1) is 8.72. The number of benzene rings is 1. The molecule has 0 atom stereocenters. The van der Waals surface area contributed by atoms with Crippen molar-refractivity contribution in [1.29, 1.82) is 0 Å². The zero-order chi connectivity index (χ0) is 12.5. The first kappa shape index (κ1) is 11.7. The summed E-state index contributed by atoms with van der Waals surface area (Å²) in [5.74, 6) is 0.732. The molecule has 1 amide bonds. The van der Waals surface area contributed by atoms with Crippen molar-refractivity contribution in [2.45, 2.75) is 6.04 Å². The topological polar surface area (TPSA) is 47.6 Å². The van der Waals surface area contributed by atoms with E-state index in [4.69, 9.17) is 9.47 Å². The summed E-state index contributed by atoms with van der Waals surface area (Å²) >= 11 is 3.41. The molecule has 3 rings (SSSR count). The van der Waals surface area contributed by atoms with E-state index < -0.39 is 0 Å². The lowest BCUT2D eigenvalue weighted by Gasteiger charge is -2.27. The highest BCUT2D eigenvalue weighted by atomic mass is 79.9. The predicted octanol–water partition coefficient (Wildman–Crippen LogP) is 1.74. The molecule has 1 fully saturated rings. The van der Waals surface area contributed by atoms with Crippen molar-refractivity contribution in [2.24, 2.45) is 0 Å². The number of nitrogens with one attached hydrogen (secondary N) is 1. The lowest BCUT2D eigenvalue weighted by molar-refractivity contribution is -0.121. The van der Waals surface area contributed by atoms with E-state index in [1.165, 1.54) is 0 Å². The zero-order valence-corrected chi connectivity index (χ0v) is 11.2. The van der Waals surface area contributed by atoms with E-state index in [2.05, 4.69) is 21.2 Å². The molecule has 94 valence electrons. The van der Waals surface area contributed by atoms with Crippen molar-refractivity contribution >= 4 is 27.9 Å². The maximum atomic E-state index is 12.0. The molecule has 4 nitrogen and oxygen atoms in total. The van der Waals surface area contributed by atoms with Gasteiger partial charge in [0, 0.05) is 10.0 Å². The van der Waals surface area contributed by atoms with Crippen LogP contribution in [0.15, 0.2) is 28.2 Å². The molecule has 0 bridgehead atoms. The predicted molar refractivity (Wildman–Crippen MR) is 70.4 cm³/mol. The van der Waals surface area contributed by atoms with Crippen LogP contribution in [0.25, 0.3) is 6.08 Å². The van der Waals surface area contributed by atoms with Gasteiger partial charge < -0.3 is 14.8 Å². The fraction of sp³-hybridized carbons (Fsp3) is 0.308. The Morgan fingerprint density at radius 3 is 2.94 bits per heavy atom. The first-order valence-corrected chi connectivity index (χ1v) is 6.53. The highest BCUT2D eigenvalue weighted by Crippen LogP contribution is 2.29. The Morgan fingerprint density at radius 1 is 1.39 bits per heavy atom. The molecule has 1 aromatic carbocycles. The largest absolute Gasteiger partial charge is 0.488 e. The highest BCUT2D eigenvalue weighted by Gasteiger charge is 2.24. The van der Waals surface area contributed by atoms with Gasteiger partial charge in [0.1, 0.15) is 12.4 Å². The number of carbonyl (C=O) groups is 1. The molecule has 2 heterocycles. The third-order valence-corrected chi connectivity index (χ3v) is 3.44. The van der Waals surface area contributed by atoms with Gasteiger partial charge in [-0.1, -0.05) is 15.9 Å². The quantitative estimate of drug-likeness (QED) is 0.905. The number of hydrogen-bond donors (Lipinski definition) is 1. The number of ether oxygens (including phenoxy) is 2. The molecule has 0 aliphatic carbocycles. The second kappa shape index (κ2) is 4.74. The second-order valence-corrected chi connectivity index (χ2v) is 5.26. The molecular formula is C13H12BrNO3. The molecular weight excluding hydrogens is 298 g/mol. The standard InChI is InChI=1S/C13H12BrNO3/c14-10-1-2-12-8(4-10)3-9(5-18-12)13(16)15-11-6-17-7-11/h1-4,11H,5-7H2,(H,15,16). The summed E-state index contributed by atoms with van der Waals surface area (Å²) in [6, 6.07) is 5.89. The lowest BCUT2D eigenvalue weighted by Crippen LogP contribution is -2.49. The number of amides is 1. The Morgan fingerprint density at radius 2 is 2.22 bits per heavy atom. The summed E-state index contributed by atoms with van der Waals surface area (Å²) in [5.41, 5.74) is 1.57. The van der Waals surface area contributed by atoms with Crippen molar-refractivity contribution in [2.75, 3.05) is 19.8 Å². The molecule has 1 N–H and O–H groups in total. The van der Waals surface area contributed by atoms with Crippen molar-refractivity contribution in [3.05, 3.63) is 33.8 Å². The van der Waals surface area contributed by atoms with E-state index in [0.717, 1.165) is 15.8 Å². The van der Waals surface area contributed by atoms with E-state index in [-0.39, 0.29) is 11.9 Å². The highest BCUT2D eigenvalue weighted by molar-refractivity contribution is 9.10. The minimum absolute atomic E-state index is 0.0751. The van der Waals surface area contributed by atoms with Crippen LogP contribution in [0.4, 0.5) is 0 Å². The molecule has 0 spiro atoms. The first-order valence-electron chi connectivity index (χ1n) is 5.74. The van der Waals surface area contributed by atoms with E-state index in [9.17, 15) is 4.79 Å². The van der Waals surface area contributed by atoms with Crippen molar-refractivity contribution < 1.29 is 14.3 Å². The minimum atomic E-state index is -0.0751. The van der Waals surface area contributed by atoms with E-state index >= 15 is 0 Å². The van der Waals surface area contributed by atoms with Crippen LogP contribution in [0.2, 0.25) is 0 Å². The third kappa shape index (κ3) is 2.28. The number of carbonyl (C=O) groups excluding carboxylic acids is 1. The van der Waals surface area contributed by atoms with Gasteiger partial charge in [0.2, 0.25) is 0 Å². The molecule has 2 aliphatic rings. The number of rotatable bonds is 2. The van der Waals surface area contributed by atoms with Crippen LogP contribution < -0.4 is 10.1 Å². The van der Waals surface area contributed by atoms with Gasteiger partial charge in [-0.2, -0.15) is 0 Å². The van der Waals surface area contributed by atoms with Gasteiger partial charge in [0.05, 0.1) is 24.8 Å². The van der Waals surface area contributed by atoms with Gasteiger partial charge in [0.25, 0.3) is 5.91 Å². The zero-order valence-electron chi connectivity index (χ0n) is 9.61. The van der Waals surface area contributed by atoms with Crippen molar-refractivity contribution in [3.8, 4) is 5.75 Å². The van der Waals surface area contributed by atoms with Crippen molar-refractivity contribution in [3.63, 3.8) is 0 Å². The van der Waals surface area contributed by atoms with Gasteiger partial charge in [-0.3, -0.25) is 4.79 Å². The summed E-state index contributed by atoms with van der Waals surface area (Å²) in [6.45, 7) is 1.51. The SMILES string of the molecule is O=C(NC1COC1)C1=Cc2cc(Br)ccc2OC1. The summed E-state index contributed by atoms with van der Waals surface area (Å²) in [4.78, 5) is 12.0. The number of hydrogen-bond acceptors (Lipinski definition) is 3. The minimum Gasteiger partial charge on any atom is -0.488 e. The Hall–Kier alpha value is -1.33. The van der Waals surface area contributed by atoms with Gasteiger partial charge in [0.15, 0.2) is 0 Å². The van der Waals surface area contributed by atoms with Crippen LogP contribution in [0.1, 0.15) is 5.56 Å². The van der Waals surface area contributed by atoms with Crippen LogP contribution >= 0.6 is 15.9 Å². The molecule has 0 saturated carbocycles. The summed E-state index contributed by atoms with van der Waals surface area (Å²) in [6.07, 6.45) is 1.87. The van der Waals surface area contributed by atoms with E-state index in [0.29, 0.717) is 25.4 Å². The van der Waals surface area contributed by atoms with Gasteiger partial charge in [-0.15, -0.1) is 0 Å². The van der Waals surface area contributed by atoms with E-state index in [1.54, 1.807) is 0 Å². The Labute approximate surface area is 113 Å². The fourth-order valence-corrected chi connectivity index (χ4v) is 2.26.